The number of nitrogens with zero attached hydrogens (tertiary/aromatic N) is 1. The Labute approximate surface area is 121 Å². The molecule has 0 spiro atoms. The van der Waals surface area contributed by atoms with Crippen LogP contribution in [0.2, 0.25) is 5.02 Å². The molecule has 0 atom stereocenters. The zero-order valence-corrected chi connectivity index (χ0v) is 12.5. The summed E-state index contributed by atoms with van der Waals surface area (Å²) in [6.07, 6.45) is 1.79. The summed E-state index contributed by atoms with van der Waals surface area (Å²) in [6, 6.07) is 4.66. The number of thiazole rings is 1. The van der Waals surface area contributed by atoms with Gasteiger partial charge in [-0.3, -0.25) is 0 Å². The molecule has 0 aliphatic heterocycles. The highest BCUT2D eigenvalue weighted by Crippen LogP contribution is 2.29. The van der Waals surface area contributed by atoms with Gasteiger partial charge in [-0.1, -0.05) is 25.4 Å². The lowest BCUT2D eigenvalue weighted by molar-refractivity contribution is 0.554. The minimum Gasteiger partial charge on any atom is -0.312 e. The fourth-order valence-electron chi connectivity index (χ4n) is 1.66. The molecule has 1 N–H and O–H groups in total. The third-order valence-corrected chi connectivity index (χ3v) is 3.83. The van der Waals surface area contributed by atoms with Crippen LogP contribution in [0.1, 0.15) is 18.7 Å². The molecule has 1 aromatic heterocycles. The zero-order chi connectivity index (χ0) is 13.8. The highest BCUT2D eigenvalue weighted by atomic mass is 35.5. The van der Waals surface area contributed by atoms with Crippen molar-refractivity contribution >= 4 is 22.9 Å². The van der Waals surface area contributed by atoms with E-state index in [9.17, 15) is 4.39 Å². The molecule has 2 nitrogen and oxygen atoms in total. The first-order valence-corrected chi connectivity index (χ1v) is 7.36. The third-order valence-electron chi connectivity index (χ3n) is 2.57. The Kier molecular flexibility index (Phi) is 4.91. The number of halogens is 2. The molecule has 0 unspecified atom stereocenters. The Morgan fingerprint density at radius 1 is 1.42 bits per heavy atom. The Hall–Kier alpha value is -0.970. The average Bonchev–Trinajstić information content (AvgIpc) is 2.77. The highest BCUT2D eigenvalue weighted by Gasteiger charge is 2.10. The molecule has 0 aliphatic rings. The van der Waals surface area contributed by atoms with Crippen LogP contribution in [0.3, 0.4) is 0 Å². The predicted octanol–water partition coefficient (Wildman–Crippen LogP) is 4.35. The van der Waals surface area contributed by atoms with Crippen molar-refractivity contribution in [2.75, 3.05) is 6.54 Å². The quantitative estimate of drug-likeness (QED) is 0.888. The molecule has 1 aromatic carbocycles. The van der Waals surface area contributed by atoms with Gasteiger partial charge in [-0.25, -0.2) is 9.37 Å². The maximum atomic E-state index is 13.8. The van der Waals surface area contributed by atoms with E-state index in [0.29, 0.717) is 21.5 Å². The maximum absolute atomic E-state index is 13.8. The SMILES string of the molecule is CC(C)CNCc1cnc(-c2ccc(Cl)cc2F)s1. The maximum Gasteiger partial charge on any atom is 0.134 e. The van der Waals surface area contributed by atoms with Gasteiger partial charge in [-0.15, -0.1) is 11.3 Å². The molecule has 0 amide bonds. The number of benzene rings is 1. The van der Waals surface area contributed by atoms with E-state index in [1.54, 1.807) is 18.3 Å². The zero-order valence-electron chi connectivity index (χ0n) is 10.9. The van der Waals surface area contributed by atoms with Crippen LogP contribution < -0.4 is 5.32 Å². The third kappa shape index (κ3) is 4.00. The second kappa shape index (κ2) is 6.46. The van der Waals surface area contributed by atoms with Gasteiger partial charge in [-0.2, -0.15) is 0 Å². The molecule has 1 heterocycles. The summed E-state index contributed by atoms with van der Waals surface area (Å²) < 4.78 is 13.8. The van der Waals surface area contributed by atoms with Crippen LogP contribution in [0, 0.1) is 11.7 Å². The predicted molar refractivity (Wildman–Crippen MR) is 79.1 cm³/mol. The Morgan fingerprint density at radius 3 is 2.89 bits per heavy atom. The van der Waals surface area contributed by atoms with Crippen LogP contribution in [0.25, 0.3) is 10.6 Å². The monoisotopic (exact) mass is 298 g/mol. The lowest BCUT2D eigenvalue weighted by Gasteiger charge is -2.04. The minimum atomic E-state index is -0.330. The number of rotatable bonds is 5. The number of nitrogens with one attached hydrogen (secondary N) is 1. The first-order chi connectivity index (χ1) is 9.06. The molecule has 102 valence electrons. The van der Waals surface area contributed by atoms with Crippen molar-refractivity contribution in [3.63, 3.8) is 0 Å². The van der Waals surface area contributed by atoms with Gasteiger partial charge < -0.3 is 5.32 Å². The summed E-state index contributed by atoms with van der Waals surface area (Å²) in [5.41, 5.74) is 0.504. The molecule has 2 aromatic rings. The fraction of sp³-hybridized carbons (Fsp3) is 0.357. The molecular formula is C14H16ClFN2S. The average molecular weight is 299 g/mol. The summed E-state index contributed by atoms with van der Waals surface area (Å²) in [6.45, 7) is 6.05. The van der Waals surface area contributed by atoms with Gasteiger partial charge in [0.1, 0.15) is 10.8 Å². The van der Waals surface area contributed by atoms with Gasteiger partial charge in [0.25, 0.3) is 0 Å². The van der Waals surface area contributed by atoms with Crippen LogP contribution in [0.5, 0.6) is 0 Å². The van der Waals surface area contributed by atoms with Crippen LogP contribution in [0.15, 0.2) is 24.4 Å². The molecule has 0 aliphatic carbocycles. The topological polar surface area (TPSA) is 24.9 Å². The molecule has 0 radical (unpaired) electrons. The van der Waals surface area contributed by atoms with Gasteiger partial charge in [0.2, 0.25) is 0 Å². The van der Waals surface area contributed by atoms with Crippen molar-refractivity contribution in [3.8, 4) is 10.6 Å². The van der Waals surface area contributed by atoms with Crippen molar-refractivity contribution in [2.24, 2.45) is 5.92 Å². The van der Waals surface area contributed by atoms with Crippen molar-refractivity contribution in [1.82, 2.24) is 10.3 Å². The van der Waals surface area contributed by atoms with Gasteiger partial charge in [-0.05, 0) is 30.7 Å². The van der Waals surface area contributed by atoms with E-state index in [4.69, 9.17) is 11.6 Å². The summed E-state index contributed by atoms with van der Waals surface area (Å²) in [7, 11) is 0. The van der Waals surface area contributed by atoms with Crippen LogP contribution in [0.4, 0.5) is 4.39 Å². The van der Waals surface area contributed by atoms with E-state index >= 15 is 0 Å². The molecular weight excluding hydrogens is 283 g/mol. The normalized spacial score (nSPS) is 11.2. The molecule has 0 saturated carbocycles. The summed E-state index contributed by atoms with van der Waals surface area (Å²) in [4.78, 5) is 5.37. The molecule has 0 fully saturated rings. The van der Waals surface area contributed by atoms with Crippen molar-refractivity contribution < 1.29 is 4.39 Å². The van der Waals surface area contributed by atoms with Crippen LogP contribution in [-0.2, 0) is 6.54 Å². The second-order valence-corrected chi connectivity index (χ2v) is 6.33. The summed E-state index contributed by atoms with van der Waals surface area (Å²) in [5.74, 6) is 0.282. The Bertz CT molecular complexity index is 554. The van der Waals surface area contributed by atoms with Crippen molar-refractivity contribution in [2.45, 2.75) is 20.4 Å². The lowest BCUT2D eigenvalue weighted by Crippen LogP contribution is -2.18. The number of aromatic nitrogens is 1. The molecule has 19 heavy (non-hydrogen) atoms. The largest absolute Gasteiger partial charge is 0.312 e. The van der Waals surface area contributed by atoms with E-state index in [1.165, 1.54) is 17.4 Å². The Balaban J connectivity index is 2.08. The van der Waals surface area contributed by atoms with Crippen LogP contribution in [-0.4, -0.2) is 11.5 Å². The van der Waals surface area contributed by atoms with Gasteiger partial charge >= 0.3 is 0 Å². The summed E-state index contributed by atoms with van der Waals surface area (Å²) in [5, 5.41) is 4.44. The molecule has 5 heteroatoms. The molecule has 0 saturated heterocycles. The number of hydrogen-bond donors (Lipinski definition) is 1. The van der Waals surface area contributed by atoms with E-state index in [-0.39, 0.29) is 5.82 Å². The number of hydrogen-bond acceptors (Lipinski definition) is 3. The highest BCUT2D eigenvalue weighted by molar-refractivity contribution is 7.15. The van der Waals surface area contributed by atoms with E-state index in [1.807, 2.05) is 0 Å². The minimum absolute atomic E-state index is 0.330. The van der Waals surface area contributed by atoms with Crippen molar-refractivity contribution in [1.29, 1.82) is 0 Å². The van der Waals surface area contributed by atoms with Crippen LogP contribution >= 0.6 is 22.9 Å². The van der Waals surface area contributed by atoms with Gasteiger partial charge in [0.15, 0.2) is 0 Å². The van der Waals surface area contributed by atoms with Gasteiger partial charge in [0, 0.05) is 28.2 Å². The first-order valence-electron chi connectivity index (χ1n) is 6.17. The smallest absolute Gasteiger partial charge is 0.134 e. The van der Waals surface area contributed by atoms with E-state index in [0.717, 1.165) is 18.0 Å². The first kappa shape index (κ1) is 14.4. The fourth-order valence-corrected chi connectivity index (χ4v) is 2.73. The lowest BCUT2D eigenvalue weighted by atomic mass is 10.2. The standard InChI is InChI=1S/C14H16ClFN2S/c1-9(2)6-17-7-11-8-18-14(19-11)12-4-3-10(15)5-13(12)16/h3-5,8-9,17H,6-7H2,1-2H3. The molecule has 0 bridgehead atoms. The summed E-state index contributed by atoms with van der Waals surface area (Å²) >= 11 is 7.24. The van der Waals surface area contributed by atoms with E-state index in [2.05, 4.69) is 24.1 Å². The molecule has 2 rings (SSSR count). The van der Waals surface area contributed by atoms with E-state index < -0.39 is 0 Å². The Morgan fingerprint density at radius 2 is 2.21 bits per heavy atom. The van der Waals surface area contributed by atoms with Gasteiger partial charge in [0.05, 0.1) is 0 Å². The van der Waals surface area contributed by atoms with Crippen molar-refractivity contribution in [3.05, 3.63) is 40.1 Å². The second-order valence-electron chi connectivity index (χ2n) is 4.78.